The Hall–Kier alpha value is -1.03. The predicted molar refractivity (Wildman–Crippen MR) is 68.8 cm³/mol. The largest absolute Gasteiger partial charge is 0.396 e. The lowest BCUT2D eigenvalue weighted by Gasteiger charge is -2.30. The quantitative estimate of drug-likeness (QED) is 0.507. The minimum atomic E-state index is -0.111. The van der Waals surface area contributed by atoms with E-state index in [0.717, 1.165) is 32.1 Å². The first-order valence-corrected chi connectivity index (χ1v) is 6.54. The lowest BCUT2D eigenvalue weighted by atomic mass is 9.85. The van der Waals surface area contributed by atoms with Gasteiger partial charge in [0.15, 0.2) is 0 Å². The summed E-state index contributed by atoms with van der Waals surface area (Å²) in [6, 6.07) is 0.0234. The van der Waals surface area contributed by atoms with Crippen molar-refractivity contribution < 1.29 is 9.90 Å². The monoisotopic (exact) mass is 240 g/mol. The predicted octanol–water partition coefficient (Wildman–Crippen LogP) is 1.80. The standard InChI is InChI=1S/C13H24N2O2/c1-2-3-6-9-14-13(17)15-12-8-5-4-7-11(12)10-16/h2-3,11-12,16H,4-10H2,1H3,(H2,14,15,17). The second-order valence-corrected chi connectivity index (χ2v) is 4.59. The van der Waals surface area contributed by atoms with Gasteiger partial charge < -0.3 is 15.7 Å². The summed E-state index contributed by atoms with van der Waals surface area (Å²) in [5.41, 5.74) is 0. The number of allylic oxidation sites excluding steroid dienone is 1. The van der Waals surface area contributed by atoms with Crippen LogP contribution in [0, 0.1) is 5.92 Å². The minimum absolute atomic E-state index is 0.111. The van der Waals surface area contributed by atoms with E-state index in [0.29, 0.717) is 6.54 Å². The van der Waals surface area contributed by atoms with E-state index in [9.17, 15) is 9.90 Å². The molecule has 1 saturated carbocycles. The highest BCUT2D eigenvalue weighted by Gasteiger charge is 2.25. The summed E-state index contributed by atoms with van der Waals surface area (Å²) in [4.78, 5) is 11.6. The number of urea groups is 1. The lowest BCUT2D eigenvalue weighted by Crippen LogP contribution is -2.47. The Morgan fingerprint density at radius 1 is 1.41 bits per heavy atom. The van der Waals surface area contributed by atoms with Crippen molar-refractivity contribution in [1.82, 2.24) is 10.6 Å². The highest BCUT2D eigenvalue weighted by Crippen LogP contribution is 2.23. The zero-order valence-corrected chi connectivity index (χ0v) is 10.6. The van der Waals surface area contributed by atoms with Crippen molar-refractivity contribution in [1.29, 1.82) is 0 Å². The topological polar surface area (TPSA) is 61.4 Å². The van der Waals surface area contributed by atoms with Crippen molar-refractivity contribution in [2.75, 3.05) is 13.2 Å². The molecule has 1 aliphatic rings. The molecule has 4 nitrogen and oxygen atoms in total. The number of aliphatic hydroxyl groups excluding tert-OH is 1. The van der Waals surface area contributed by atoms with Crippen molar-refractivity contribution in [3.8, 4) is 0 Å². The zero-order valence-electron chi connectivity index (χ0n) is 10.6. The van der Waals surface area contributed by atoms with Crippen LogP contribution in [0.2, 0.25) is 0 Å². The van der Waals surface area contributed by atoms with E-state index < -0.39 is 0 Å². The first-order chi connectivity index (χ1) is 8.27. The van der Waals surface area contributed by atoms with Gasteiger partial charge in [-0.1, -0.05) is 25.0 Å². The Kier molecular flexibility index (Phi) is 6.70. The van der Waals surface area contributed by atoms with Gasteiger partial charge in [-0.05, 0) is 26.2 Å². The lowest BCUT2D eigenvalue weighted by molar-refractivity contribution is 0.154. The van der Waals surface area contributed by atoms with Crippen LogP contribution in [-0.2, 0) is 0 Å². The Labute approximate surface area is 103 Å². The Balaban J connectivity index is 2.23. The summed E-state index contributed by atoms with van der Waals surface area (Å²) in [5.74, 6) is 0.227. The van der Waals surface area contributed by atoms with Crippen molar-refractivity contribution in [2.24, 2.45) is 5.92 Å². The number of carbonyl (C=O) groups excluding carboxylic acids is 1. The van der Waals surface area contributed by atoms with Crippen LogP contribution in [-0.4, -0.2) is 30.3 Å². The smallest absolute Gasteiger partial charge is 0.315 e. The van der Waals surface area contributed by atoms with Gasteiger partial charge in [0.2, 0.25) is 0 Å². The molecule has 0 saturated heterocycles. The second kappa shape index (κ2) is 8.12. The molecular formula is C13H24N2O2. The fraction of sp³-hybridized carbons (Fsp3) is 0.769. The van der Waals surface area contributed by atoms with Crippen LogP contribution in [0.1, 0.15) is 39.0 Å². The maximum absolute atomic E-state index is 11.6. The number of nitrogens with one attached hydrogen (secondary N) is 2. The molecule has 3 N–H and O–H groups in total. The minimum Gasteiger partial charge on any atom is -0.396 e. The molecule has 0 aromatic heterocycles. The molecule has 0 radical (unpaired) electrons. The number of hydrogen-bond donors (Lipinski definition) is 3. The molecule has 2 amide bonds. The summed E-state index contributed by atoms with van der Waals surface area (Å²) in [5, 5.41) is 15.0. The molecule has 0 heterocycles. The summed E-state index contributed by atoms with van der Waals surface area (Å²) >= 11 is 0. The number of carbonyl (C=O) groups is 1. The van der Waals surface area contributed by atoms with Gasteiger partial charge in [0.25, 0.3) is 0 Å². The molecule has 1 fully saturated rings. The van der Waals surface area contributed by atoms with Crippen molar-refractivity contribution in [2.45, 2.75) is 45.1 Å². The molecule has 0 bridgehead atoms. The molecule has 17 heavy (non-hydrogen) atoms. The molecule has 0 aromatic carbocycles. The molecule has 0 aromatic rings. The van der Waals surface area contributed by atoms with E-state index in [4.69, 9.17) is 0 Å². The molecular weight excluding hydrogens is 216 g/mol. The van der Waals surface area contributed by atoms with Gasteiger partial charge in [0.05, 0.1) is 0 Å². The van der Waals surface area contributed by atoms with Gasteiger partial charge in [0, 0.05) is 25.1 Å². The van der Waals surface area contributed by atoms with Crippen LogP contribution in [0.4, 0.5) is 4.79 Å². The Morgan fingerprint density at radius 2 is 2.18 bits per heavy atom. The molecule has 2 unspecified atom stereocenters. The van der Waals surface area contributed by atoms with Crippen LogP contribution in [0.3, 0.4) is 0 Å². The van der Waals surface area contributed by atoms with E-state index in [2.05, 4.69) is 10.6 Å². The van der Waals surface area contributed by atoms with Crippen LogP contribution in [0.15, 0.2) is 12.2 Å². The van der Waals surface area contributed by atoms with E-state index in [1.165, 1.54) is 0 Å². The summed E-state index contributed by atoms with van der Waals surface area (Å²) < 4.78 is 0. The average Bonchev–Trinajstić information content (AvgIpc) is 2.35. The highest BCUT2D eigenvalue weighted by molar-refractivity contribution is 5.74. The van der Waals surface area contributed by atoms with Gasteiger partial charge >= 0.3 is 6.03 Å². The van der Waals surface area contributed by atoms with Gasteiger partial charge in [-0.3, -0.25) is 0 Å². The molecule has 0 aliphatic heterocycles. The van der Waals surface area contributed by atoms with E-state index in [-0.39, 0.29) is 24.6 Å². The number of rotatable bonds is 5. The molecule has 1 aliphatic carbocycles. The van der Waals surface area contributed by atoms with Gasteiger partial charge in [-0.15, -0.1) is 0 Å². The molecule has 2 atom stereocenters. The molecule has 98 valence electrons. The van der Waals surface area contributed by atoms with Crippen LogP contribution < -0.4 is 10.6 Å². The molecule has 4 heteroatoms. The van der Waals surface area contributed by atoms with Crippen molar-refractivity contribution in [3.63, 3.8) is 0 Å². The molecule has 0 spiro atoms. The third-order valence-electron chi connectivity index (χ3n) is 3.29. The number of hydrogen-bond acceptors (Lipinski definition) is 2. The number of amides is 2. The van der Waals surface area contributed by atoms with E-state index >= 15 is 0 Å². The number of aliphatic hydroxyl groups is 1. The summed E-state index contributed by atoms with van der Waals surface area (Å²) in [7, 11) is 0. The van der Waals surface area contributed by atoms with Gasteiger partial charge in [-0.2, -0.15) is 0 Å². The van der Waals surface area contributed by atoms with Gasteiger partial charge in [0.1, 0.15) is 0 Å². The maximum Gasteiger partial charge on any atom is 0.315 e. The van der Waals surface area contributed by atoms with Crippen LogP contribution in [0.25, 0.3) is 0 Å². The normalized spacial score (nSPS) is 24.8. The third-order valence-corrected chi connectivity index (χ3v) is 3.29. The van der Waals surface area contributed by atoms with Crippen LogP contribution in [0.5, 0.6) is 0 Å². The summed E-state index contributed by atoms with van der Waals surface area (Å²) in [6.45, 7) is 2.80. The highest BCUT2D eigenvalue weighted by atomic mass is 16.3. The first kappa shape index (κ1) is 14.0. The second-order valence-electron chi connectivity index (χ2n) is 4.59. The van der Waals surface area contributed by atoms with Crippen LogP contribution >= 0.6 is 0 Å². The SMILES string of the molecule is CC=CCCNC(=O)NC1CCCCC1CO. The van der Waals surface area contributed by atoms with E-state index in [1.54, 1.807) is 0 Å². The Bertz CT molecular complexity index is 254. The fourth-order valence-corrected chi connectivity index (χ4v) is 2.27. The summed E-state index contributed by atoms with van der Waals surface area (Å²) in [6.07, 6.45) is 9.15. The van der Waals surface area contributed by atoms with Gasteiger partial charge in [-0.25, -0.2) is 4.79 Å². The maximum atomic E-state index is 11.6. The van der Waals surface area contributed by atoms with Crippen molar-refractivity contribution >= 4 is 6.03 Å². The third kappa shape index (κ3) is 5.22. The molecule has 1 rings (SSSR count). The van der Waals surface area contributed by atoms with E-state index in [1.807, 2.05) is 19.1 Å². The zero-order chi connectivity index (χ0) is 12.5. The average molecular weight is 240 g/mol. The Morgan fingerprint density at radius 3 is 2.88 bits per heavy atom. The van der Waals surface area contributed by atoms with Crippen molar-refractivity contribution in [3.05, 3.63) is 12.2 Å². The fourth-order valence-electron chi connectivity index (χ4n) is 2.27. The first-order valence-electron chi connectivity index (χ1n) is 6.54.